The lowest BCUT2D eigenvalue weighted by molar-refractivity contribution is 1.19. The molecule has 2 aromatic rings. The molecule has 0 aromatic carbocycles. The second kappa shape index (κ2) is 2.56. The van der Waals surface area contributed by atoms with Crippen molar-refractivity contribution in [3.05, 3.63) is 17.8 Å². The highest BCUT2D eigenvalue weighted by Crippen LogP contribution is 2.12. The first-order valence-electron chi connectivity index (χ1n) is 2.79. The van der Waals surface area contributed by atoms with Crippen molar-refractivity contribution in [2.24, 2.45) is 0 Å². The van der Waals surface area contributed by atoms with Crippen LogP contribution < -0.4 is 0 Å². The summed E-state index contributed by atoms with van der Waals surface area (Å²) in [6.07, 6.45) is 3.26. The van der Waals surface area contributed by atoms with E-state index in [1.807, 2.05) is 0 Å². The zero-order chi connectivity index (χ0) is 7.84. The molecule has 0 saturated carbocycles. The Kier molecular flexibility index (Phi) is 1.68. The maximum Gasteiger partial charge on any atom is 0.224 e. The average Bonchev–Trinajstić information content (AvgIpc) is 2.33. The molecule has 0 unspecified atom stereocenters. The fourth-order valence-corrected chi connectivity index (χ4v) is 1.37. The van der Waals surface area contributed by atoms with Crippen LogP contribution >= 0.6 is 34.5 Å². The molecule has 6 heteroatoms. The number of rotatable bonds is 0. The van der Waals surface area contributed by atoms with Crippen LogP contribution in [0.4, 0.5) is 0 Å². The maximum atomic E-state index is 5.58. The monoisotopic (exact) mass is 280 g/mol. The summed E-state index contributed by atoms with van der Waals surface area (Å²) in [5.41, 5.74) is 1.49. The van der Waals surface area contributed by atoms with Crippen molar-refractivity contribution in [1.82, 2.24) is 17.7 Å². The van der Waals surface area contributed by atoms with Crippen LogP contribution in [0, 0.1) is 0 Å². The molecule has 0 radical (unpaired) electrons. The molecule has 0 atom stereocenters. The van der Waals surface area contributed by atoms with Gasteiger partial charge in [0.1, 0.15) is 11.8 Å². The minimum atomic E-state index is 0.246. The van der Waals surface area contributed by atoms with E-state index >= 15 is 0 Å². The molecule has 0 spiro atoms. The summed E-state index contributed by atoms with van der Waals surface area (Å²) in [6, 6.07) is 0. The first kappa shape index (κ1) is 7.23. The highest BCUT2D eigenvalue weighted by atomic mass is 127. The second-order valence-electron chi connectivity index (χ2n) is 1.90. The average molecular weight is 280 g/mol. The van der Waals surface area contributed by atoms with Gasteiger partial charge in [0.2, 0.25) is 5.28 Å². The van der Waals surface area contributed by atoms with Crippen LogP contribution in [-0.4, -0.2) is 17.7 Å². The van der Waals surface area contributed by atoms with Crippen molar-refractivity contribution in [2.45, 2.75) is 0 Å². The van der Waals surface area contributed by atoms with Gasteiger partial charge >= 0.3 is 0 Å². The topological polar surface area (TPSA) is 43.6 Å². The first-order valence-corrected chi connectivity index (χ1v) is 4.13. The van der Waals surface area contributed by atoms with Gasteiger partial charge in [-0.05, 0) is 11.6 Å². The van der Waals surface area contributed by atoms with Gasteiger partial charge in [0.25, 0.3) is 0 Å². The lowest BCUT2D eigenvalue weighted by Gasteiger charge is -1.89. The smallest absolute Gasteiger partial charge is 0.224 e. The van der Waals surface area contributed by atoms with Crippen LogP contribution in [0.2, 0.25) is 5.28 Å². The van der Waals surface area contributed by atoms with Crippen LogP contribution in [0.25, 0.3) is 11.2 Å². The molecule has 2 rings (SSSR count). The number of halogens is 2. The molecule has 0 aliphatic heterocycles. The summed E-state index contributed by atoms with van der Waals surface area (Å²) in [7, 11) is 0. The zero-order valence-corrected chi connectivity index (χ0v) is 8.11. The Labute approximate surface area is 81.1 Å². The first-order chi connectivity index (χ1) is 5.27. The SMILES string of the molecule is Clc1ncc2ncn(I)c2n1. The molecule has 0 amide bonds. The van der Waals surface area contributed by atoms with E-state index in [9.17, 15) is 0 Å². The molecule has 0 bridgehead atoms. The van der Waals surface area contributed by atoms with Crippen LogP contribution in [-0.2, 0) is 0 Å². The van der Waals surface area contributed by atoms with E-state index < -0.39 is 0 Å². The Hall–Kier alpha value is -0.430. The zero-order valence-electron chi connectivity index (χ0n) is 5.20. The molecule has 56 valence electrons. The van der Waals surface area contributed by atoms with Crippen molar-refractivity contribution in [3.8, 4) is 0 Å². The van der Waals surface area contributed by atoms with E-state index in [4.69, 9.17) is 11.6 Å². The predicted molar refractivity (Wildman–Crippen MR) is 49.8 cm³/mol. The predicted octanol–water partition coefficient (Wildman–Crippen LogP) is 1.68. The summed E-state index contributed by atoms with van der Waals surface area (Å²) in [5.74, 6) is 0. The van der Waals surface area contributed by atoms with Crippen LogP contribution in [0.1, 0.15) is 0 Å². The van der Waals surface area contributed by atoms with E-state index in [1.54, 1.807) is 15.3 Å². The number of hydrogen-bond donors (Lipinski definition) is 0. The van der Waals surface area contributed by atoms with E-state index in [2.05, 4.69) is 37.8 Å². The van der Waals surface area contributed by atoms with Gasteiger partial charge in [-0.1, -0.05) is 0 Å². The highest BCUT2D eigenvalue weighted by Gasteiger charge is 2.02. The molecule has 0 fully saturated rings. The van der Waals surface area contributed by atoms with Crippen molar-refractivity contribution < 1.29 is 0 Å². The van der Waals surface area contributed by atoms with Crippen molar-refractivity contribution in [2.75, 3.05) is 0 Å². The highest BCUT2D eigenvalue weighted by molar-refractivity contribution is 14.1. The molecule has 0 N–H and O–H groups in total. The van der Waals surface area contributed by atoms with E-state index in [0.717, 1.165) is 11.2 Å². The van der Waals surface area contributed by atoms with Gasteiger partial charge in [-0.3, -0.25) is 2.78 Å². The Morgan fingerprint density at radius 2 is 2.27 bits per heavy atom. The van der Waals surface area contributed by atoms with Gasteiger partial charge < -0.3 is 0 Å². The van der Waals surface area contributed by atoms with Gasteiger partial charge in [0.05, 0.1) is 29.1 Å². The Balaban J connectivity index is 2.87. The van der Waals surface area contributed by atoms with Crippen LogP contribution in [0.3, 0.4) is 0 Å². The summed E-state index contributed by atoms with van der Waals surface area (Å²) < 4.78 is 1.76. The van der Waals surface area contributed by atoms with Crippen LogP contribution in [0.15, 0.2) is 12.5 Å². The van der Waals surface area contributed by atoms with Gasteiger partial charge in [0, 0.05) is 0 Å². The Morgan fingerprint density at radius 1 is 1.45 bits per heavy atom. The maximum absolute atomic E-state index is 5.58. The van der Waals surface area contributed by atoms with Crippen molar-refractivity contribution in [1.29, 1.82) is 0 Å². The number of fused-ring (bicyclic) bond motifs is 1. The van der Waals surface area contributed by atoms with Gasteiger partial charge in [-0.2, -0.15) is 4.98 Å². The van der Waals surface area contributed by atoms with Gasteiger partial charge in [0.15, 0.2) is 5.65 Å². The Bertz CT molecular complexity index is 398. The standard InChI is InChI=1S/C5H2ClIN4/c6-5-8-1-3-4(10-5)11(7)2-9-3/h1-2H. The fourth-order valence-electron chi connectivity index (χ4n) is 0.762. The minimum Gasteiger partial charge on any atom is -0.254 e. The van der Waals surface area contributed by atoms with Gasteiger partial charge in [-0.15, -0.1) is 0 Å². The molecule has 2 aromatic heterocycles. The lowest BCUT2D eigenvalue weighted by atomic mass is 10.6. The largest absolute Gasteiger partial charge is 0.254 e. The van der Waals surface area contributed by atoms with Crippen molar-refractivity contribution in [3.63, 3.8) is 0 Å². The third kappa shape index (κ3) is 1.18. The molecule has 0 aliphatic carbocycles. The van der Waals surface area contributed by atoms with Gasteiger partial charge in [-0.25, -0.2) is 9.97 Å². The Morgan fingerprint density at radius 3 is 3.09 bits per heavy atom. The molecule has 0 aliphatic rings. The molecule has 11 heavy (non-hydrogen) atoms. The summed E-state index contributed by atoms with van der Waals surface area (Å²) >= 11 is 7.66. The second-order valence-corrected chi connectivity index (χ2v) is 3.28. The molecule has 0 saturated heterocycles. The molecule has 4 nitrogen and oxygen atoms in total. The fraction of sp³-hybridized carbons (Fsp3) is 0. The molecular formula is C5H2ClIN4. The van der Waals surface area contributed by atoms with Crippen molar-refractivity contribution >= 4 is 45.6 Å². The number of aromatic nitrogens is 4. The third-order valence-corrected chi connectivity index (χ3v) is 2.11. The summed E-state index contributed by atoms with van der Waals surface area (Å²) in [4.78, 5) is 11.8. The number of nitrogens with zero attached hydrogens (tertiary/aromatic N) is 4. The third-order valence-electron chi connectivity index (χ3n) is 1.22. The van der Waals surface area contributed by atoms with E-state index in [0.29, 0.717) is 0 Å². The number of imidazole rings is 1. The lowest BCUT2D eigenvalue weighted by Crippen LogP contribution is -1.84. The van der Waals surface area contributed by atoms with Crippen LogP contribution in [0.5, 0.6) is 0 Å². The van der Waals surface area contributed by atoms with E-state index in [-0.39, 0.29) is 5.28 Å². The summed E-state index contributed by atoms with van der Waals surface area (Å²) in [5, 5.41) is 0.246. The number of hydrogen-bond acceptors (Lipinski definition) is 3. The molecular weight excluding hydrogens is 278 g/mol. The minimum absolute atomic E-state index is 0.246. The quantitative estimate of drug-likeness (QED) is 0.545. The summed E-state index contributed by atoms with van der Waals surface area (Å²) in [6.45, 7) is 0. The van der Waals surface area contributed by atoms with E-state index in [1.165, 1.54) is 0 Å². The molecule has 2 heterocycles. The normalized spacial score (nSPS) is 10.7.